The van der Waals surface area contributed by atoms with E-state index in [1.54, 1.807) is 7.11 Å². The maximum Gasteiger partial charge on any atom is 0.116 e. The zero-order chi connectivity index (χ0) is 9.80. The first-order valence-corrected chi connectivity index (χ1v) is 4.62. The van der Waals surface area contributed by atoms with Crippen molar-refractivity contribution in [2.45, 2.75) is 0 Å². The van der Waals surface area contributed by atoms with Gasteiger partial charge in [-0.05, 0) is 22.9 Å². The van der Waals surface area contributed by atoms with Crippen LogP contribution in [0, 0.1) is 0 Å². The Bertz CT molecular complexity index is 425. The Hall–Kier alpha value is -1.54. The number of hydrogen-bond acceptors (Lipinski definition) is 2. The maximum absolute atomic E-state index is 4.95. The van der Waals surface area contributed by atoms with Crippen molar-refractivity contribution in [2.75, 3.05) is 19.2 Å². The third kappa shape index (κ3) is 1.86. The highest BCUT2D eigenvalue weighted by Gasteiger charge is 1.93. The zero-order valence-electron chi connectivity index (χ0n) is 8.16. The van der Waals surface area contributed by atoms with Crippen LogP contribution in [0.25, 0.3) is 10.8 Å². The predicted octanol–water partition coefficient (Wildman–Crippen LogP) is 2.86. The van der Waals surface area contributed by atoms with Crippen LogP contribution in [0.3, 0.4) is 0 Å². The number of ether oxygens (including phenoxy) is 1. The number of rotatable bonds is 3. The van der Waals surface area contributed by atoms with Crippen molar-refractivity contribution < 1.29 is 4.74 Å². The quantitative estimate of drug-likeness (QED) is 0.746. The van der Waals surface area contributed by atoms with Crippen LogP contribution in [0.5, 0.6) is 0 Å². The lowest BCUT2D eigenvalue weighted by atomic mass is 10.1. The molecule has 0 bridgehead atoms. The van der Waals surface area contributed by atoms with Gasteiger partial charge in [0.2, 0.25) is 0 Å². The minimum absolute atomic E-state index is 0.540. The Labute approximate surface area is 83.5 Å². The van der Waals surface area contributed by atoms with Crippen LogP contribution in [-0.2, 0) is 4.74 Å². The minimum atomic E-state index is 0.540. The Kier molecular flexibility index (Phi) is 2.65. The summed E-state index contributed by atoms with van der Waals surface area (Å²) in [7, 11) is 1.67. The van der Waals surface area contributed by atoms with Crippen molar-refractivity contribution in [2.24, 2.45) is 0 Å². The number of benzene rings is 2. The first-order chi connectivity index (χ1) is 6.90. The van der Waals surface area contributed by atoms with Gasteiger partial charge in [-0.15, -0.1) is 0 Å². The van der Waals surface area contributed by atoms with Crippen LogP contribution in [0.2, 0.25) is 0 Å². The van der Waals surface area contributed by atoms with Gasteiger partial charge >= 0.3 is 0 Å². The van der Waals surface area contributed by atoms with Crippen LogP contribution in [-0.4, -0.2) is 13.8 Å². The summed E-state index contributed by atoms with van der Waals surface area (Å²) in [6, 6.07) is 14.6. The molecule has 2 aromatic rings. The van der Waals surface area contributed by atoms with Crippen LogP contribution >= 0.6 is 0 Å². The fraction of sp³-hybridized carbons (Fsp3) is 0.167. The zero-order valence-corrected chi connectivity index (χ0v) is 8.16. The van der Waals surface area contributed by atoms with Gasteiger partial charge in [-0.3, -0.25) is 0 Å². The average molecular weight is 187 g/mol. The van der Waals surface area contributed by atoms with Gasteiger partial charge < -0.3 is 10.1 Å². The highest BCUT2D eigenvalue weighted by Crippen LogP contribution is 2.18. The normalized spacial score (nSPS) is 10.4. The Balaban J connectivity index is 2.32. The van der Waals surface area contributed by atoms with Crippen molar-refractivity contribution in [3.05, 3.63) is 42.5 Å². The topological polar surface area (TPSA) is 21.3 Å². The third-order valence-electron chi connectivity index (χ3n) is 2.17. The molecule has 0 amide bonds. The molecule has 1 N–H and O–H groups in total. The van der Waals surface area contributed by atoms with Gasteiger partial charge in [-0.1, -0.05) is 30.3 Å². The number of fused-ring (bicyclic) bond motifs is 1. The SMILES string of the molecule is COCNc1ccc2ccccc2c1. The molecule has 0 saturated carbocycles. The standard InChI is InChI=1S/C12H13NO/c1-14-9-13-12-7-6-10-4-2-3-5-11(10)8-12/h2-8,13H,9H2,1H3. The lowest BCUT2D eigenvalue weighted by Gasteiger charge is -2.05. The summed E-state index contributed by atoms with van der Waals surface area (Å²) in [5.41, 5.74) is 1.09. The molecule has 0 spiro atoms. The fourth-order valence-electron chi connectivity index (χ4n) is 1.45. The molecule has 2 rings (SSSR count). The monoisotopic (exact) mass is 187 g/mol. The van der Waals surface area contributed by atoms with Gasteiger partial charge in [0.25, 0.3) is 0 Å². The molecular formula is C12H13NO. The van der Waals surface area contributed by atoms with Crippen molar-refractivity contribution in [1.82, 2.24) is 0 Å². The molecule has 0 aliphatic rings. The molecule has 0 fully saturated rings. The largest absolute Gasteiger partial charge is 0.365 e. The van der Waals surface area contributed by atoms with Crippen molar-refractivity contribution in [3.63, 3.8) is 0 Å². The van der Waals surface area contributed by atoms with Crippen LogP contribution in [0.15, 0.2) is 42.5 Å². The number of methoxy groups -OCH3 is 1. The molecule has 0 atom stereocenters. The molecule has 2 nitrogen and oxygen atoms in total. The predicted molar refractivity (Wildman–Crippen MR) is 59.4 cm³/mol. The molecule has 2 heteroatoms. The second-order valence-corrected chi connectivity index (χ2v) is 3.17. The summed E-state index contributed by atoms with van der Waals surface area (Å²) in [5, 5.41) is 5.67. The van der Waals surface area contributed by atoms with E-state index in [4.69, 9.17) is 4.74 Å². The third-order valence-corrected chi connectivity index (χ3v) is 2.17. The molecule has 0 aromatic heterocycles. The first-order valence-electron chi connectivity index (χ1n) is 4.62. The van der Waals surface area contributed by atoms with E-state index < -0.39 is 0 Å². The van der Waals surface area contributed by atoms with E-state index in [9.17, 15) is 0 Å². The van der Waals surface area contributed by atoms with E-state index in [0.717, 1.165) is 5.69 Å². The Morgan fingerprint density at radius 3 is 2.64 bits per heavy atom. The summed E-state index contributed by atoms with van der Waals surface area (Å²) in [6.45, 7) is 0.540. The fourth-order valence-corrected chi connectivity index (χ4v) is 1.45. The molecule has 2 aromatic carbocycles. The molecule has 0 radical (unpaired) electrons. The molecule has 0 unspecified atom stereocenters. The molecule has 0 aliphatic carbocycles. The van der Waals surface area contributed by atoms with E-state index in [1.165, 1.54) is 10.8 Å². The first kappa shape index (κ1) is 9.03. The minimum Gasteiger partial charge on any atom is -0.365 e. The van der Waals surface area contributed by atoms with E-state index in [2.05, 4.69) is 35.6 Å². The lowest BCUT2D eigenvalue weighted by molar-refractivity contribution is 0.221. The summed E-state index contributed by atoms with van der Waals surface area (Å²) in [6.07, 6.45) is 0. The maximum atomic E-state index is 4.95. The van der Waals surface area contributed by atoms with Gasteiger partial charge in [0.1, 0.15) is 6.73 Å². The summed E-state index contributed by atoms with van der Waals surface area (Å²) in [5.74, 6) is 0. The Morgan fingerprint density at radius 1 is 1.07 bits per heavy atom. The Morgan fingerprint density at radius 2 is 1.86 bits per heavy atom. The van der Waals surface area contributed by atoms with Crippen molar-refractivity contribution >= 4 is 16.5 Å². The van der Waals surface area contributed by atoms with E-state index >= 15 is 0 Å². The summed E-state index contributed by atoms with van der Waals surface area (Å²) in [4.78, 5) is 0. The molecular weight excluding hydrogens is 174 g/mol. The smallest absolute Gasteiger partial charge is 0.116 e. The van der Waals surface area contributed by atoms with E-state index in [-0.39, 0.29) is 0 Å². The average Bonchev–Trinajstić information content (AvgIpc) is 2.26. The second kappa shape index (κ2) is 4.11. The van der Waals surface area contributed by atoms with Gasteiger partial charge in [0, 0.05) is 12.8 Å². The van der Waals surface area contributed by atoms with Crippen LogP contribution in [0.1, 0.15) is 0 Å². The lowest BCUT2D eigenvalue weighted by Crippen LogP contribution is -2.02. The second-order valence-electron chi connectivity index (χ2n) is 3.17. The molecule has 14 heavy (non-hydrogen) atoms. The van der Waals surface area contributed by atoms with Gasteiger partial charge in [0.05, 0.1) is 0 Å². The van der Waals surface area contributed by atoms with Gasteiger partial charge in [-0.25, -0.2) is 0 Å². The van der Waals surface area contributed by atoms with E-state index in [1.807, 2.05) is 12.1 Å². The van der Waals surface area contributed by atoms with E-state index in [0.29, 0.717) is 6.73 Å². The van der Waals surface area contributed by atoms with Crippen molar-refractivity contribution in [1.29, 1.82) is 0 Å². The van der Waals surface area contributed by atoms with Gasteiger partial charge in [0.15, 0.2) is 0 Å². The van der Waals surface area contributed by atoms with Crippen molar-refractivity contribution in [3.8, 4) is 0 Å². The summed E-state index contributed by atoms with van der Waals surface area (Å²) < 4.78 is 4.95. The number of anilines is 1. The molecule has 0 aliphatic heterocycles. The summed E-state index contributed by atoms with van der Waals surface area (Å²) >= 11 is 0. The molecule has 0 saturated heterocycles. The van der Waals surface area contributed by atoms with Crippen LogP contribution in [0.4, 0.5) is 5.69 Å². The highest BCUT2D eigenvalue weighted by atomic mass is 16.5. The highest BCUT2D eigenvalue weighted by molar-refractivity contribution is 5.85. The van der Waals surface area contributed by atoms with Crippen LogP contribution < -0.4 is 5.32 Å². The molecule has 72 valence electrons. The number of nitrogens with one attached hydrogen (secondary N) is 1. The van der Waals surface area contributed by atoms with Gasteiger partial charge in [-0.2, -0.15) is 0 Å². The number of hydrogen-bond donors (Lipinski definition) is 1. The molecule has 0 heterocycles.